The molecule has 4 rings (SSSR count). The molecule has 0 N–H and O–H groups in total. The first kappa shape index (κ1) is 17.9. The molecule has 2 bridgehead atoms. The number of rotatable bonds is 2. The van der Waals surface area contributed by atoms with Gasteiger partial charge in [-0.25, -0.2) is 18.4 Å². The highest BCUT2D eigenvalue weighted by Crippen LogP contribution is 2.44. The monoisotopic (exact) mass is 376 g/mol. The minimum Gasteiger partial charge on any atom is -0.466 e. The number of ether oxygens (including phenoxy) is 1. The normalized spacial score (nSPS) is 24.6. The average molecular weight is 376 g/mol. The SMILES string of the molecule is COC(=O)C1=C(c2ccc(F)cc2F)C[C@@H]2CC[C@H]1N2C(=O)N1CCCC1. The van der Waals surface area contributed by atoms with Crippen LogP contribution in [0.1, 0.15) is 37.7 Å². The Kier molecular flexibility index (Phi) is 4.61. The lowest BCUT2D eigenvalue weighted by atomic mass is 9.88. The predicted molar refractivity (Wildman–Crippen MR) is 94.8 cm³/mol. The highest BCUT2D eigenvalue weighted by Gasteiger charge is 2.48. The van der Waals surface area contributed by atoms with Crippen molar-refractivity contribution >= 4 is 17.6 Å². The van der Waals surface area contributed by atoms with E-state index in [1.165, 1.54) is 19.2 Å². The Bertz CT molecular complexity index is 817. The van der Waals surface area contributed by atoms with Gasteiger partial charge in [-0.15, -0.1) is 0 Å². The molecule has 2 atom stereocenters. The van der Waals surface area contributed by atoms with Crippen molar-refractivity contribution in [3.63, 3.8) is 0 Å². The Morgan fingerprint density at radius 1 is 1.15 bits per heavy atom. The lowest BCUT2D eigenvalue weighted by molar-refractivity contribution is -0.136. The quantitative estimate of drug-likeness (QED) is 0.744. The van der Waals surface area contributed by atoms with Gasteiger partial charge in [-0.05, 0) is 49.8 Å². The van der Waals surface area contributed by atoms with Gasteiger partial charge in [0.1, 0.15) is 11.6 Å². The van der Waals surface area contributed by atoms with E-state index < -0.39 is 23.6 Å². The number of likely N-dealkylation sites (tertiary alicyclic amines) is 1. The highest BCUT2D eigenvalue weighted by molar-refractivity contribution is 6.01. The third-order valence-corrected chi connectivity index (χ3v) is 5.86. The molecule has 2 saturated heterocycles. The molecular formula is C20H22F2N2O3. The van der Waals surface area contributed by atoms with E-state index >= 15 is 0 Å². The van der Waals surface area contributed by atoms with E-state index in [-0.39, 0.29) is 17.6 Å². The van der Waals surface area contributed by atoms with E-state index in [4.69, 9.17) is 4.74 Å². The molecule has 0 radical (unpaired) electrons. The van der Waals surface area contributed by atoms with E-state index in [0.717, 1.165) is 38.4 Å². The number of nitrogens with zero attached hydrogens (tertiary/aromatic N) is 2. The molecule has 0 unspecified atom stereocenters. The summed E-state index contributed by atoms with van der Waals surface area (Å²) in [6.07, 6.45) is 3.72. The summed E-state index contributed by atoms with van der Waals surface area (Å²) in [5, 5.41) is 0. The van der Waals surface area contributed by atoms with Crippen molar-refractivity contribution in [2.24, 2.45) is 0 Å². The number of halogens is 2. The zero-order valence-corrected chi connectivity index (χ0v) is 15.2. The Morgan fingerprint density at radius 2 is 1.89 bits per heavy atom. The summed E-state index contributed by atoms with van der Waals surface area (Å²) in [5.41, 5.74) is 1.06. The van der Waals surface area contributed by atoms with Crippen molar-refractivity contribution in [2.45, 2.75) is 44.2 Å². The number of amides is 2. The van der Waals surface area contributed by atoms with E-state index in [1.54, 1.807) is 4.90 Å². The van der Waals surface area contributed by atoms with Gasteiger partial charge in [-0.2, -0.15) is 0 Å². The smallest absolute Gasteiger partial charge is 0.336 e. The molecule has 27 heavy (non-hydrogen) atoms. The largest absolute Gasteiger partial charge is 0.466 e. The maximum atomic E-state index is 14.4. The summed E-state index contributed by atoms with van der Waals surface area (Å²) in [7, 11) is 1.28. The van der Waals surface area contributed by atoms with Gasteiger partial charge >= 0.3 is 12.0 Å². The van der Waals surface area contributed by atoms with Crippen LogP contribution in [0.4, 0.5) is 13.6 Å². The fourth-order valence-corrected chi connectivity index (χ4v) is 4.63. The molecule has 5 nitrogen and oxygen atoms in total. The Balaban J connectivity index is 1.77. The molecule has 0 aromatic heterocycles. The van der Waals surface area contributed by atoms with E-state index in [9.17, 15) is 18.4 Å². The molecule has 0 aliphatic carbocycles. The van der Waals surface area contributed by atoms with Gasteiger partial charge in [0.15, 0.2) is 0 Å². The van der Waals surface area contributed by atoms with Crippen molar-refractivity contribution in [1.29, 1.82) is 0 Å². The minimum atomic E-state index is -0.704. The van der Waals surface area contributed by atoms with Crippen molar-refractivity contribution in [3.05, 3.63) is 41.0 Å². The molecule has 1 aromatic rings. The number of hydrogen-bond acceptors (Lipinski definition) is 3. The van der Waals surface area contributed by atoms with Gasteiger partial charge in [-0.1, -0.05) is 0 Å². The molecule has 1 aromatic carbocycles. The second-order valence-corrected chi connectivity index (χ2v) is 7.34. The molecule has 7 heteroatoms. The zero-order chi connectivity index (χ0) is 19.1. The maximum Gasteiger partial charge on any atom is 0.336 e. The molecule has 3 aliphatic heterocycles. The first-order chi connectivity index (χ1) is 13.0. The molecule has 3 aliphatic rings. The molecule has 0 spiro atoms. The second-order valence-electron chi connectivity index (χ2n) is 7.34. The third-order valence-electron chi connectivity index (χ3n) is 5.86. The molecule has 3 heterocycles. The van der Waals surface area contributed by atoms with Crippen LogP contribution in [0, 0.1) is 11.6 Å². The molecular weight excluding hydrogens is 354 g/mol. The Morgan fingerprint density at radius 3 is 2.56 bits per heavy atom. The van der Waals surface area contributed by atoms with Gasteiger partial charge < -0.3 is 14.5 Å². The number of methoxy groups -OCH3 is 1. The van der Waals surface area contributed by atoms with Crippen molar-refractivity contribution in [2.75, 3.05) is 20.2 Å². The third kappa shape index (κ3) is 2.99. The van der Waals surface area contributed by atoms with E-state index in [0.29, 0.717) is 24.0 Å². The molecule has 2 fully saturated rings. The first-order valence-corrected chi connectivity index (χ1v) is 9.35. The zero-order valence-electron chi connectivity index (χ0n) is 15.2. The summed E-state index contributed by atoms with van der Waals surface area (Å²) in [6, 6.07) is 2.80. The number of carbonyl (C=O) groups excluding carboxylic acids is 2. The average Bonchev–Trinajstić information content (AvgIpc) is 3.28. The fraction of sp³-hybridized carbons (Fsp3) is 0.500. The molecule has 2 amide bonds. The molecule has 144 valence electrons. The van der Waals surface area contributed by atoms with Crippen molar-refractivity contribution in [3.8, 4) is 0 Å². The Hall–Kier alpha value is -2.44. The summed E-state index contributed by atoms with van der Waals surface area (Å²) in [4.78, 5) is 29.2. The number of fused-ring (bicyclic) bond motifs is 2. The van der Waals surface area contributed by atoms with E-state index in [2.05, 4.69) is 0 Å². The second kappa shape index (κ2) is 6.94. The van der Waals surface area contributed by atoms with Crippen LogP contribution >= 0.6 is 0 Å². The van der Waals surface area contributed by atoms with Crippen LogP contribution < -0.4 is 0 Å². The lowest BCUT2D eigenvalue weighted by Crippen LogP contribution is -2.51. The molecule has 0 saturated carbocycles. The van der Waals surface area contributed by atoms with Gasteiger partial charge in [0.25, 0.3) is 0 Å². The van der Waals surface area contributed by atoms with Gasteiger partial charge in [0.2, 0.25) is 0 Å². The number of carbonyl (C=O) groups is 2. The highest BCUT2D eigenvalue weighted by atomic mass is 19.1. The van der Waals surface area contributed by atoms with Crippen LogP contribution in [0.2, 0.25) is 0 Å². The summed E-state index contributed by atoms with van der Waals surface area (Å²) < 4.78 is 32.7. The van der Waals surface area contributed by atoms with Crippen LogP contribution in [-0.2, 0) is 9.53 Å². The van der Waals surface area contributed by atoms with Crippen LogP contribution in [-0.4, -0.2) is 54.1 Å². The van der Waals surface area contributed by atoms with Crippen LogP contribution in [0.15, 0.2) is 23.8 Å². The first-order valence-electron chi connectivity index (χ1n) is 9.35. The summed E-state index contributed by atoms with van der Waals surface area (Å²) >= 11 is 0. The van der Waals surface area contributed by atoms with Gasteiger partial charge in [0.05, 0.1) is 18.7 Å². The lowest BCUT2D eigenvalue weighted by Gasteiger charge is -2.39. The number of hydrogen-bond donors (Lipinski definition) is 0. The van der Waals surface area contributed by atoms with Crippen LogP contribution in [0.5, 0.6) is 0 Å². The standard InChI is InChI=1S/C20H22F2N2O3/c1-27-19(25)18-15(14-6-4-12(21)10-16(14)22)11-13-5-7-17(18)24(13)20(26)23-8-2-3-9-23/h4,6,10,13,17H,2-3,5,7-9,11H2,1H3/t13-,17+/m0/s1. The van der Waals surface area contributed by atoms with Crippen LogP contribution in [0.25, 0.3) is 5.57 Å². The topological polar surface area (TPSA) is 49.9 Å². The maximum absolute atomic E-state index is 14.4. The number of urea groups is 1. The van der Waals surface area contributed by atoms with Gasteiger partial charge in [0, 0.05) is 30.8 Å². The van der Waals surface area contributed by atoms with Crippen molar-refractivity contribution < 1.29 is 23.1 Å². The van der Waals surface area contributed by atoms with Crippen molar-refractivity contribution in [1.82, 2.24) is 9.80 Å². The fourth-order valence-electron chi connectivity index (χ4n) is 4.63. The minimum absolute atomic E-state index is 0.0555. The Labute approximate surface area is 156 Å². The summed E-state index contributed by atoms with van der Waals surface area (Å²) in [6.45, 7) is 1.46. The van der Waals surface area contributed by atoms with Crippen LogP contribution in [0.3, 0.4) is 0 Å². The number of esters is 1. The van der Waals surface area contributed by atoms with E-state index in [1.807, 2.05) is 4.90 Å². The summed E-state index contributed by atoms with van der Waals surface area (Å²) in [5.74, 6) is -1.93. The van der Waals surface area contributed by atoms with Gasteiger partial charge in [-0.3, -0.25) is 0 Å². The predicted octanol–water partition coefficient (Wildman–Crippen LogP) is 3.34. The number of benzene rings is 1.